The Bertz CT molecular complexity index is 746. The molecule has 1 aliphatic carbocycles. The van der Waals surface area contributed by atoms with Crippen LogP contribution in [0.1, 0.15) is 105 Å². The standard InChI is InChI=1S/C37H78N6O4/c1-7-8-9-13-16-37-29(4)23-43(6)34(17-28(2)3)21-42-36(31-14-11-10-12-15-31)22-41-32(18-38)19-40-33(20-39-30(5)25-47-37)26-46-27-35(45)24-44/h28-37,39-42,44-45H,7-27,38H2,1-6H3/t29-,30-,32+,33+,34+,35+,36-,37-/m1/s1. The fourth-order valence-electron chi connectivity index (χ4n) is 7.32. The molecule has 0 unspecified atom stereocenters. The highest BCUT2D eigenvalue weighted by Crippen LogP contribution is 2.27. The summed E-state index contributed by atoms with van der Waals surface area (Å²) in [6.45, 7) is 17.4. The SMILES string of the molecule is CCCCCC[C@H]1OC[C@@H](C)NC[C@@H](COC[C@@H](O)CO)NC[C@H](CN)NC[C@H](C2CCCCC2)NC[C@H](CC(C)C)N(C)C[C@H]1C. The molecule has 1 saturated heterocycles. The third-order valence-corrected chi connectivity index (χ3v) is 10.4. The van der Waals surface area contributed by atoms with Crippen LogP contribution >= 0.6 is 0 Å². The maximum absolute atomic E-state index is 9.81. The van der Waals surface area contributed by atoms with Crippen molar-refractivity contribution in [2.45, 2.75) is 148 Å². The number of ether oxygens (including phenoxy) is 2. The van der Waals surface area contributed by atoms with Crippen LogP contribution in [0.2, 0.25) is 0 Å². The summed E-state index contributed by atoms with van der Waals surface area (Å²) >= 11 is 0. The molecule has 2 rings (SSSR count). The predicted octanol–water partition coefficient (Wildman–Crippen LogP) is 3.10. The van der Waals surface area contributed by atoms with Crippen LogP contribution in [0, 0.1) is 17.8 Å². The zero-order chi connectivity index (χ0) is 34.4. The highest BCUT2D eigenvalue weighted by molar-refractivity contribution is 4.87. The number of rotatable bonds is 14. The van der Waals surface area contributed by atoms with E-state index in [0.717, 1.165) is 32.6 Å². The Hall–Kier alpha value is -0.400. The zero-order valence-electron chi connectivity index (χ0n) is 31.4. The summed E-state index contributed by atoms with van der Waals surface area (Å²) in [5.74, 6) is 1.76. The summed E-state index contributed by atoms with van der Waals surface area (Å²) in [4.78, 5) is 2.62. The van der Waals surface area contributed by atoms with Crippen LogP contribution in [0.5, 0.6) is 0 Å². The van der Waals surface area contributed by atoms with Crippen LogP contribution < -0.4 is 27.0 Å². The Kier molecular flexibility index (Phi) is 23.2. The second-order valence-electron chi connectivity index (χ2n) is 15.5. The van der Waals surface area contributed by atoms with Crippen molar-refractivity contribution in [2.24, 2.45) is 23.5 Å². The van der Waals surface area contributed by atoms with E-state index in [1.54, 1.807) is 0 Å². The number of hydrogen-bond donors (Lipinski definition) is 7. The van der Waals surface area contributed by atoms with E-state index in [0.29, 0.717) is 56.1 Å². The largest absolute Gasteiger partial charge is 0.394 e. The first-order valence-electron chi connectivity index (χ1n) is 19.5. The van der Waals surface area contributed by atoms with Gasteiger partial charge in [0.25, 0.3) is 0 Å². The molecule has 1 heterocycles. The third kappa shape index (κ3) is 18.4. The van der Waals surface area contributed by atoms with Crippen LogP contribution in [-0.4, -0.2) is 130 Å². The second kappa shape index (κ2) is 25.5. The van der Waals surface area contributed by atoms with Crippen molar-refractivity contribution >= 4 is 0 Å². The Morgan fingerprint density at radius 3 is 2.34 bits per heavy atom. The molecule has 0 aromatic heterocycles. The monoisotopic (exact) mass is 671 g/mol. The quantitative estimate of drug-likeness (QED) is 0.138. The number of hydrogen-bond acceptors (Lipinski definition) is 10. The topological polar surface area (TPSA) is 136 Å². The van der Waals surface area contributed by atoms with Gasteiger partial charge < -0.3 is 51.6 Å². The lowest BCUT2D eigenvalue weighted by molar-refractivity contribution is -0.0125. The molecule has 1 aliphatic heterocycles. The van der Waals surface area contributed by atoms with Crippen molar-refractivity contribution in [2.75, 3.05) is 72.7 Å². The molecular weight excluding hydrogens is 592 g/mol. The van der Waals surface area contributed by atoms with Gasteiger partial charge in [0.2, 0.25) is 0 Å². The summed E-state index contributed by atoms with van der Waals surface area (Å²) in [6.07, 6.45) is 13.3. The second-order valence-corrected chi connectivity index (χ2v) is 15.5. The van der Waals surface area contributed by atoms with Crippen molar-refractivity contribution in [1.29, 1.82) is 0 Å². The Morgan fingerprint density at radius 2 is 1.66 bits per heavy atom. The highest BCUT2D eigenvalue weighted by Gasteiger charge is 2.28. The van der Waals surface area contributed by atoms with E-state index in [1.165, 1.54) is 64.2 Å². The molecule has 280 valence electrons. The fourth-order valence-corrected chi connectivity index (χ4v) is 7.32. The third-order valence-electron chi connectivity index (χ3n) is 10.4. The maximum atomic E-state index is 9.81. The van der Waals surface area contributed by atoms with Gasteiger partial charge in [-0.1, -0.05) is 72.6 Å². The van der Waals surface area contributed by atoms with Gasteiger partial charge in [-0.15, -0.1) is 0 Å². The average molecular weight is 671 g/mol. The number of likely N-dealkylation sites (N-methyl/N-ethyl adjacent to an activating group) is 1. The van der Waals surface area contributed by atoms with Gasteiger partial charge >= 0.3 is 0 Å². The lowest BCUT2D eigenvalue weighted by atomic mass is 9.83. The normalized spacial score (nSPS) is 31.7. The first kappa shape index (κ1) is 42.8. The summed E-state index contributed by atoms with van der Waals surface area (Å²) in [6, 6.07) is 1.25. The minimum Gasteiger partial charge on any atom is -0.394 e. The van der Waals surface area contributed by atoms with Crippen LogP contribution in [0.3, 0.4) is 0 Å². The maximum Gasteiger partial charge on any atom is 0.100 e. The number of unbranched alkanes of at least 4 members (excludes halogenated alkanes) is 3. The molecule has 0 bridgehead atoms. The lowest BCUT2D eigenvalue weighted by Crippen LogP contribution is -2.55. The molecule has 2 fully saturated rings. The van der Waals surface area contributed by atoms with Gasteiger partial charge in [-0.25, -0.2) is 0 Å². The molecular formula is C37H78N6O4. The summed E-state index contributed by atoms with van der Waals surface area (Å²) in [5, 5.41) is 34.3. The fraction of sp³-hybridized carbons (Fsp3) is 1.00. The predicted molar refractivity (Wildman–Crippen MR) is 196 cm³/mol. The Balaban J connectivity index is 2.26. The molecule has 0 aromatic rings. The van der Waals surface area contributed by atoms with E-state index >= 15 is 0 Å². The Labute approximate surface area is 289 Å². The van der Waals surface area contributed by atoms with E-state index in [2.05, 4.69) is 67.8 Å². The van der Waals surface area contributed by atoms with Crippen LogP contribution in [0.4, 0.5) is 0 Å². The summed E-state index contributed by atoms with van der Waals surface area (Å²) in [5.41, 5.74) is 6.31. The minimum absolute atomic E-state index is 0.0303. The number of nitrogens with one attached hydrogen (secondary N) is 4. The number of nitrogens with zero attached hydrogens (tertiary/aromatic N) is 1. The zero-order valence-corrected chi connectivity index (χ0v) is 31.4. The molecule has 10 heteroatoms. The van der Waals surface area contributed by atoms with E-state index < -0.39 is 6.10 Å². The van der Waals surface area contributed by atoms with E-state index in [9.17, 15) is 10.2 Å². The molecule has 2 aliphatic rings. The molecule has 0 aromatic carbocycles. The van der Waals surface area contributed by atoms with Crippen molar-refractivity contribution in [3.63, 3.8) is 0 Å². The van der Waals surface area contributed by atoms with Gasteiger partial charge in [0, 0.05) is 69.5 Å². The molecule has 10 nitrogen and oxygen atoms in total. The summed E-state index contributed by atoms with van der Waals surface area (Å²) in [7, 11) is 2.33. The molecule has 0 spiro atoms. The van der Waals surface area contributed by atoms with Gasteiger partial charge in [-0.2, -0.15) is 0 Å². The van der Waals surface area contributed by atoms with Crippen LogP contribution in [0.25, 0.3) is 0 Å². The van der Waals surface area contributed by atoms with Gasteiger partial charge in [0.05, 0.1) is 32.5 Å². The molecule has 0 amide bonds. The van der Waals surface area contributed by atoms with Crippen molar-refractivity contribution in [3.05, 3.63) is 0 Å². The summed E-state index contributed by atoms with van der Waals surface area (Å²) < 4.78 is 12.5. The number of nitrogens with two attached hydrogens (primary N) is 1. The van der Waals surface area contributed by atoms with Crippen molar-refractivity contribution < 1.29 is 19.7 Å². The lowest BCUT2D eigenvalue weighted by Gasteiger charge is -2.37. The van der Waals surface area contributed by atoms with E-state index in [4.69, 9.17) is 15.2 Å². The molecule has 47 heavy (non-hydrogen) atoms. The molecule has 8 atom stereocenters. The smallest absolute Gasteiger partial charge is 0.100 e. The molecule has 8 N–H and O–H groups in total. The van der Waals surface area contributed by atoms with Crippen molar-refractivity contribution in [3.8, 4) is 0 Å². The molecule has 0 radical (unpaired) electrons. The van der Waals surface area contributed by atoms with E-state index in [1.807, 2.05) is 0 Å². The van der Waals surface area contributed by atoms with Gasteiger partial charge in [0.1, 0.15) is 6.10 Å². The highest BCUT2D eigenvalue weighted by atomic mass is 16.5. The first-order chi connectivity index (χ1) is 22.7. The Morgan fingerprint density at radius 1 is 0.936 bits per heavy atom. The molecule has 1 saturated carbocycles. The van der Waals surface area contributed by atoms with Gasteiger partial charge in [0.15, 0.2) is 0 Å². The number of aliphatic hydroxyl groups is 2. The number of aliphatic hydroxyl groups excluding tert-OH is 2. The van der Waals surface area contributed by atoms with Gasteiger partial charge in [-0.3, -0.25) is 0 Å². The van der Waals surface area contributed by atoms with Crippen LogP contribution in [0.15, 0.2) is 0 Å². The first-order valence-corrected chi connectivity index (χ1v) is 19.5. The van der Waals surface area contributed by atoms with Crippen LogP contribution in [-0.2, 0) is 9.47 Å². The average Bonchev–Trinajstić information content (AvgIpc) is 3.06. The van der Waals surface area contributed by atoms with E-state index in [-0.39, 0.29) is 37.4 Å². The minimum atomic E-state index is -0.864. The van der Waals surface area contributed by atoms with Crippen molar-refractivity contribution in [1.82, 2.24) is 26.2 Å². The van der Waals surface area contributed by atoms with Gasteiger partial charge in [-0.05, 0) is 57.4 Å².